The highest BCUT2D eigenvalue weighted by atomic mass is 35.5. The van der Waals surface area contributed by atoms with Gasteiger partial charge < -0.3 is 9.94 Å². The lowest BCUT2D eigenvalue weighted by atomic mass is 9.94. The van der Waals surface area contributed by atoms with Gasteiger partial charge in [-0.2, -0.15) is 5.48 Å². The minimum absolute atomic E-state index is 0. The summed E-state index contributed by atoms with van der Waals surface area (Å²) in [6.45, 7) is 3.22. The second-order valence-corrected chi connectivity index (χ2v) is 3.79. The van der Waals surface area contributed by atoms with Crippen molar-refractivity contribution in [2.24, 2.45) is 0 Å². The van der Waals surface area contributed by atoms with E-state index in [1.807, 2.05) is 5.48 Å². The molecule has 4 nitrogen and oxygen atoms in total. The molecule has 90 valence electrons. The number of hydrogen-bond donors (Lipinski definition) is 2. The molecule has 0 atom stereocenters. The average Bonchev–Trinajstić information content (AvgIpc) is 2.28. The maximum Gasteiger partial charge on any atom is 0.184 e. The quantitative estimate of drug-likeness (QED) is 0.630. The number of Topliss-reactive ketones (excluding diaryl/α,β-unsaturated/α-hetero) is 1. The Kier molecular flexibility index (Phi) is 5.44. The lowest BCUT2D eigenvalue weighted by Crippen LogP contribution is -2.44. The van der Waals surface area contributed by atoms with E-state index >= 15 is 0 Å². The van der Waals surface area contributed by atoms with Crippen molar-refractivity contribution in [1.82, 2.24) is 5.48 Å². The molecule has 0 unspecified atom stereocenters. The summed E-state index contributed by atoms with van der Waals surface area (Å²) in [6.07, 6.45) is 0. The second-order valence-electron chi connectivity index (χ2n) is 3.79. The van der Waals surface area contributed by atoms with Crippen LogP contribution in [-0.4, -0.2) is 23.6 Å². The standard InChI is InChI=1S/C11H15NO3.ClH/c1-11(2,12-14)10(13)8-4-6-9(15-3)7-5-8;/h4-7,12,14H,1-3H3;1H. The van der Waals surface area contributed by atoms with Crippen LogP contribution in [0.2, 0.25) is 0 Å². The van der Waals surface area contributed by atoms with Gasteiger partial charge in [0.2, 0.25) is 0 Å². The van der Waals surface area contributed by atoms with E-state index < -0.39 is 5.54 Å². The number of methoxy groups -OCH3 is 1. The van der Waals surface area contributed by atoms with Crippen LogP contribution in [0.5, 0.6) is 5.75 Å². The number of halogens is 1. The Hall–Kier alpha value is -1.10. The molecule has 1 rings (SSSR count). The molecule has 1 aromatic carbocycles. The van der Waals surface area contributed by atoms with Gasteiger partial charge in [-0.05, 0) is 38.1 Å². The van der Waals surface area contributed by atoms with E-state index in [0.717, 1.165) is 0 Å². The normalized spacial score (nSPS) is 10.5. The Morgan fingerprint density at radius 2 is 1.81 bits per heavy atom. The molecule has 0 aliphatic heterocycles. The second kappa shape index (κ2) is 5.84. The molecule has 0 bridgehead atoms. The lowest BCUT2D eigenvalue weighted by Gasteiger charge is -2.20. The third-order valence-electron chi connectivity index (χ3n) is 2.20. The van der Waals surface area contributed by atoms with E-state index in [4.69, 9.17) is 9.94 Å². The minimum atomic E-state index is -0.978. The summed E-state index contributed by atoms with van der Waals surface area (Å²) in [7, 11) is 1.57. The smallest absolute Gasteiger partial charge is 0.184 e. The number of carbonyl (C=O) groups excluding carboxylic acids is 1. The number of hydrogen-bond acceptors (Lipinski definition) is 4. The first kappa shape index (κ1) is 14.9. The number of rotatable bonds is 4. The molecule has 0 aliphatic carbocycles. The zero-order valence-electron chi connectivity index (χ0n) is 9.48. The fourth-order valence-electron chi connectivity index (χ4n) is 1.15. The zero-order chi connectivity index (χ0) is 11.5. The summed E-state index contributed by atoms with van der Waals surface area (Å²) in [6, 6.07) is 6.75. The van der Waals surface area contributed by atoms with E-state index in [-0.39, 0.29) is 18.2 Å². The van der Waals surface area contributed by atoms with Crippen LogP contribution in [0.15, 0.2) is 24.3 Å². The van der Waals surface area contributed by atoms with Crippen LogP contribution < -0.4 is 10.2 Å². The monoisotopic (exact) mass is 245 g/mol. The van der Waals surface area contributed by atoms with Crippen molar-refractivity contribution < 1.29 is 14.7 Å². The number of ether oxygens (including phenoxy) is 1. The number of benzene rings is 1. The highest BCUT2D eigenvalue weighted by Crippen LogP contribution is 2.16. The maximum atomic E-state index is 11.8. The van der Waals surface area contributed by atoms with Crippen LogP contribution in [-0.2, 0) is 0 Å². The Bertz CT molecular complexity index is 349. The predicted molar refractivity (Wildman–Crippen MR) is 63.6 cm³/mol. The average molecular weight is 246 g/mol. The molecule has 0 aromatic heterocycles. The predicted octanol–water partition coefficient (Wildman–Crippen LogP) is 2.06. The summed E-state index contributed by atoms with van der Waals surface area (Å²) in [5, 5.41) is 8.83. The number of carbonyl (C=O) groups is 1. The van der Waals surface area contributed by atoms with Crippen LogP contribution in [0.3, 0.4) is 0 Å². The Morgan fingerprint density at radius 3 is 2.19 bits per heavy atom. The van der Waals surface area contributed by atoms with Crippen LogP contribution in [0, 0.1) is 0 Å². The molecule has 16 heavy (non-hydrogen) atoms. The van der Waals surface area contributed by atoms with Crippen molar-refractivity contribution in [1.29, 1.82) is 0 Å². The lowest BCUT2D eigenvalue weighted by molar-refractivity contribution is 0.0569. The maximum absolute atomic E-state index is 11.8. The van der Waals surface area contributed by atoms with Gasteiger partial charge in [-0.15, -0.1) is 12.4 Å². The minimum Gasteiger partial charge on any atom is -0.497 e. The summed E-state index contributed by atoms with van der Waals surface area (Å²) in [5.74, 6) is 0.522. The van der Waals surface area contributed by atoms with Crippen molar-refractivity contribution in [3.63, 3.8) is 0 Å². The topological polar surface area (TPSA) is 58.6 Å². The van der Waals surface area contributed by atoms with Crippen molar-refractivity contribution >= 4 is 18.2 Å². The molecular weight excluding hydrogens is 230 g/mol. The third kappa shape index (κ3) is 3.20. The van der Waals surface area contributed by atoms with E-state index in [9.17, 15) is 4.79 Å². The largest absolute Gasteiger partial charge is 0.497 e. The molecule has 2 N–H and O–H groups in total. The van der Waals surface area contributed by atoms with Crippen LogP contribution in [0.1, 0.15) is 24.2 Å². The van der Waals surface area contributed by atoms with Gasteiger partial charge >= 0.3 is 0 Å². The number of hydroxylamine groups is 1. The van der Waals surface area contributed by atoms with Gasteiger partial charge in [-0.25, -0.2) is 0 Å². The zero-order valence-corrected chi connectivity index (χ0v) is 10.3. The van der Waals surface area contributed by atoms with Crippen molar-refractivity contribution in [2.75, 3.05) is 7.11 Å². The molecule has 0 saturated carbocycles. The van der Waals surface area contributed by atoms with Gasteiger partial charge in [0.25, 0.3) is 0 Å². The van der Waals surface area contributed by atoms with E-state index in [2.05, 4.69) is 0 Å². The van der Waals surface area contributed by atoms with Gasteiger partial charge in [0.05, 0.1) is 7.11 Å². The first-order chi connectivity index (χ1) is 7.01. The van der Waals surface area contributed by atoms with E-state index in [1.54, 1.807) is 45.2 Å². The molecule has 0 aliphatic rings. The van der Waals surface area contributed by atoms with Crippen LogP contribution in [0.25, 0.3) is 0 Å². The molecule has 0 fully saturated rings. The first-order valence-corrected chi connectivity index (χ1v) is 4.61. The van der Waals surface area contributed by atoms with Crippen LogP contribution >= 0.6 is 12.4 Å². The Morgan fingerprint density at radius 1 is 1.31 bits per heavy atom. The molecule has 0 heterocycles. The van der Waals surface area contributed by atoms with Crippen molar-refractivity contribution in [3.8, 4) is 5.75 Å². The summed E-state index contributed by atoms with van der Waals surface area (Å²) >= 11 is 0. The van der Waals surface area contributed by atoms with Gasteiger partial charge in [-0.1, -0.05) is 0 Å². The number of nitrogens with one attached hydrogen (secondary N) is 1. The van der Waals surface area contributed by atoms with Gasteiger partial charge in [0.15, 0.2) is 5.78 Å². The van der Waals surface area contributed by atoms with Gasteiger partial charge in [-0.3, -0.25) is 4.79 Å². The molecule has 1 aromatic rings. The molecule has 0 spiro atoms. The Labute approximate surface area is 101 Å². The summed E-state index contributed by atoms with van der Waals surface area (Å²) < 4.78 is 4.98. The SMILES string of the molecule is COc1ccc(C(=O)C(C)(C)NO)cc1.Cl. The fraction of sp³-hybridized carbons (Fsp3) is 0.364. The molecule has 5 heteroatoms. The molecule has 0 saturated heterocycles. The van der Waals surface area contributed by atoms with Crippen molar-refractivity contribution in [3.05, 3.63) is 29.8 Å². The molecule has 0 radical (unpaired) electrons. The molecular formula is C11H16ClNO3. The Balaban J connectivity index is 0.00000225. The van der Waals surface area contributed by atoms with Crippen LogP contribution in [0.4, 0.5) is 0 Å². The van der Waals surface area contributed by atoms with Gasteiger partial charge in [0.1, 0.15) is 11.3 Å². The highest BCUT2D eigenvalue weighted by molar-refractivity contribution is 6.02. The third-order valence-corrected chi connectivity index (χ3v) is 2.20. The molecule has 0 amide bonds. The van der Waals surface area contributed by atoms with E-state index in [1.165, 1.54) is 0 Å². The van der Waals surface area contributed by atoms with Gasteiger partial charge in [0, 0.05) is 5.56 Å². The fourth-order valence-corrected chi connectivity index (χ4v) is 1.15. The highest BCUT2D eigenvalue weighted by Gasteiger charge is 2.27. The van der Waals surface area contributed by atoms with Crippen molar-refractivity contribution in [2.45, 2.75) is 19.4 Å². The first-order valence-electron chi connectivity index (χ1n) is 4.61. The summed E-state index contributed by atoms with van der Waals surface area (Å²) in [4.78, 5) is 11.8. The summed E-state index contributed by atoms with van der Waals surface area (Å²) in [5.41, 5.74) is 1.54. The number of ketones is 1. The van der Waals surface area contributed by atoms with E-state index in [0.29, 0.717) is 11.3 Å².